The lowest BCUT2D eigenvalue weighted by Crippen LogP contribution is -2.31. The summed E-state index contributed by atoms with van der Waals surface area (Å²) < 4.78 is 0. The van der Waals surface area contributed by atoms with Crippen molar-refractivity contribution in [3.8, 4) is 0 Å². The Morgan fingerprint density at radius 2 is 1.54 bits per heavy atom. The van der Waals surface area contributed by atoms with Crippen molar-refractivity contribution in [1.29, 1.82) is 0 Å². The monoisotopic (exact) mass is 322 g/mol. The van der Waals surface area contributed by atoms with Crippen LogP contribution in [0.4, 0.5) is 0 Å². The molecule has 120 valence electrons. The Balaban J connectivity index is 1.77. The first-order valence-corrected chi connectivity index (χ1v) is 7.43. The van der Waals surface area contributed by atoms with E-state index in [1.165, 1.54) is 11.0 Å². The molecule has 6 nitrogen and oxygen atoms in total. The molecule has 0 unspecified atom stereocenters. The number of nitrogens with zero attached hydrogens (tertiary/aromatic N) is 2. The smallest absolute Gasteiger partial charge is 0.261 e. The fourth-order valence-corrected chi connectivity index (χ4v) is 2.74. The van der Waals surface area contributed by atoms with Gasteiger partial charge in [0.05, 0.1) is 16.1 Å². The minimum Gasteiger partial charge on any atom is -0.274 e. The van der Waals surface area contributed by atoms with Gasteiger partial charge in [0.1, 0.15) is 0 Å². The van der Waals surface area contributed by atoms with Crippen molar-refractivity contribution in [2.45, 2.75) is 6.42 Å². The Hall–Kier alpha value is -3.28. The quantitative estimate of drug-likeness (QED) is 0.481. The number of amides is 2. The van der Waals surface area contributed by atoms with Crippen LogP contribution in [0, 0.1) is 10.1 Å². The molecule has 0 fully saturated rings. The second-order valence-electron chi connectivity index (χ2n) is 5.36. The molecule has 3 rings (SSSR count). The number of benzene rings is 2. The summed E-state index contributed by atoms with van der Waals surface area (Å²) in [5.41, 5.74) is 2.38. The minimum absolute atomic E-state index is 0.232. The van der Waals surface area contributed by atoms with Crippen LogP contribution in [0.15, 0.2) is 54.7 Å². The van der Waals surface area contributed by atoms with Gasteiger partial charge >= 0.3 is 0 Å². The summed E-state index contributed by atoms with van der Waals surface area (Å²) >= 11 is 0. The fourth-order valence-electron chi connectivity index (χ4n) is 2.74. The summed E-state index contributed by atoms with van der Waals surface area (Å²) in [6.45, 7) is 0.232. The van der Waals surface area contributed by atoms with Gasteiger partial charge in [-0.2, -0.15) is 0 Å². The predicted molar refractivity (Wildman–Crippen MR) is 88.0 cm³/mol. The number of nitro groups is 1. The van der Waals surface area contributed by atoms with Crippen LogP contribution in [0.1, 0.15) is 31.8 Å². The molecule has 2 aromatic rings. The van der Waals surface area contributed by atoms with Gasteiger partial charge in [-0.3, -0.25) is 24.6 Å². The van der Waals surface area contributed by atoms with Gasteiger partial charge in [0.15, 0.2) is 0 Å². The van der Waals surface area contributed by atoms with Crippen molar-refractivity contribution in [3.05, 3.63) is 87.1 Å². The maximum Gasteiger partial charge on any atom is 0.261 e. The zero-order valence-corrected chi connectivity index (χ0v) is 12.7. The molecule has 1 aliphatic heterocycles. The molecule has 0 spiro atoms. The van der Waals surface area contributed by atoms with E-state index < -0.39 is 4.92 Å². The zero-order valence-electron chi connectivity index (χ0n) is 12.7. The zero-order chi connectivity index (χ0) is 17.1. The summed E-state index contributed by atoms with van der Waals surface area (Å²) in [5.74, 6) is -0.595. The predicted octanol–water partition coefficient (Wildman–Crippen LogP) is 2.77. The maximum atomic E-state index is 12.3. The van der Waals surface area contributed by atoms with Gasteiger partial charge in [-0.1, -0.05) is 36.4 Å². The Morgan fingerprint density at radius 3 is 2.17 bits per heavy atom. The molecule has 2 amide bonds. The molecule has 1 heterocycles. The van der Waals surface area contributed by atoms with Gasteiger partial charge in [-0.15, -0.1) is 0 Å². The second-order valence-corrected chi connectivity index (χ2v) is 5.36. The van der Waals surface area contributed by atoms with Crippen molar-refractivity contribution in [2.75, 3.05) is 6.54 Å². The first-order valence-electron chi connectivity index (χ1n) is 7.43. The van der Waals surface area contributed by atoms with E-state index in [-0.39, 0.29) is 18.4 Å². The lowest BCUT2D eigenvalue weighted by Gasteiger charge is -2.14. The van der Waals surface area contributed by atoms with E-state index in [1.54, 1.807) is 36.4 Å². The molecule has 0 radical (unpaired) electrons. The molecule has 0 N–H and O–H groups in total. The van der Waals surface area contributed by atoms with E-state index in [1.807, 2.05) is 12.1 Å². The third-order valence-electron chi connectivity index (χ3n) is 3.91. The number of carbonyl (C=O) groups is 2. The molecule has 0 saturated carbocycles. The number of imide groups is 1. The minimum atomic E-state index is -0.527. The highest BCUT2D eigenvalue weighted by Gasteiger charge is 2.34. The molecule has 0 atom stereocenters. The van der Waals surface area contributed by atoms with E-state index in [9.17, 15) is 19.7 Å². The van der Waals surface area contributed by atoms with Crippen LogP contribution in [0.2, 0.25) is 0 Å². The number of rotatable bonds is 5. The summed E-state index contributed by atoms with van der Waals surface area (Å²) in [6, 6.07) is 13.9. The Morgan fingerprint density at radius 1 is 0.958 bits per heavy atom. The average molecular weight is 322 g/mol. The third-order valence-corrected chi connectivity index (χ3v) is 3.91. The summed E-state index contributed by atoms with van der Waals surface area (Å²) in [5, 5.41) is 10.5. The molecule has 24 heavy (non-hydrogen) atoms. The number of fused-ring (bicyclic) bond motifs is 1. The van der Waals surface area contributed by atoms with E-state index in [2.05, 4.69) is 0 Å². The van der Waals surface area contributed by atoms with Crippen molar-refractivity contribution in [1.82, 2.24) is 4.90 Å². The number of hydrogen-bond acceptors (Lipinski definition) is 4. The molecular formula is C18H14N2O4. The standard InChI is InChI=1S/C18H14N2O4/c21-17-15-7-3-4-8-16(15)18(22)19(17)11-9-13-5-1-2-6-14(13)10-12-20(23)24/h1-8,10,12H,9,11H2. The van der Waals surface area contributed by atoms with Crippen LogP contribution < -0.4 is 0 Å². The first-order chi connectivity index (χ1) is 11.6. The van der Waals surface area contributed by atoms with E-state index >= 15 is 0 Å². The van der Waals surface area contributed by atoms with Gasteiger partial charge in [0, 0.05) is 12.6 Å². The van der Waals surface area contributed by atoms with Gasteiger partial charge in [0.25, 0.3) is 11.8 Å². The molecule has 0 bridgehead atoms. The van der Waals surface area contributed by atoms with Crippen LogP contribution in [0.25, 0.3) is 6.08 Å². The van der Waals surface area contributed by atoms with Crippen molar-refractivity contribution in [3.63, 3.8) is 0 Å². The molecule has 0 aromatic heterocycles. The molecule has 0 aliphatic carbocycles. The van der Waals surface area contributed by atoms with Crippen LogP contribution in [-0.2, 0) is 6.42 Å². The van der Waals surface area contributed by atoms with Crippen molar-refractivity contribution < 1.29 is 14.5 Å². The van der Waals surface area contributed by atoms with Gasteiger partial charge < -0.3 is 0 Å². The first kappa shape index (κ1) is 15.6. The van der Waals surface area contributed by atoms with E-state index in [4.69, 9.17) is 0 Å². The Bertz CT molecular complexity index is 823. The molecule has 2 aromatic carbocycles. The summed E-state index contributed by atoms with van der Waals surface area (Å²) in [7, 11) is 0. The number of carbonyl (C=O) groups excluding carboxylic acids is 2. The molecular weight excluding hydrogens is 308 g/mol. The Labute approximate surface area is 138 Å². The van der Waals surface area contributed by atoms with E-state index in [0.29, 0.717) is 23.1 Å². The van der Waals surface area contributed by atoms with Crippen molar-refractivity contribution in [2.24, 2.45) is 0 Å². The SMILES string of the molecule is O=C1c2ccccc2C(=O)N1CCc1ccccc1C=C[N+](=O)[O-]. The lowest BCUT2D eigenvalue weighted by atomic mass is 10.0. The highest BCUT2D eigenvalue weighted by molar-refractivity contribution is 6.21. The average Bonchev–Trinajstić information content (AvgIpc) is 2.83. The number of hydrogen-bond donors (Lipinski definition) is 0. The largest absolute Gasteiger partial charge is 0.274 e. The van der Waals surface area contributed by atoms with Gasteiger partial charge in [0.2, 0.25) is 6.20 Å². The fraction of sp³-hybridized carbons (Fsp3) is 0.111. The molecule has 0 saturated heterocycles. The third kappa shape index (κ3) is 2.94. The lowest BCUT2D eigenvalue weighted by molar-refractivity contribution is -0.400. The van der Waals surface area contributed by atoms with E-state index in [0.717, 1.165) is 11.8 Å². The molecule has 6 heteroatoms. The highest BCUT2D eigenvalue weighted by Crippen LogP contribution is 2.23. The topological polar surface area (TPSA) is 80.5 Å². The summed E-state index contributed by atoms with van der Waals surface area (Å²) in [4.78, 5) is 35.8. The summed E-state index contributed by atoms with van der Waals surface area (Å²) in [6.07, 6.45) is 2.72. The van der Waals surface area contributed by atoms with Crippen molar-refractivity contribution >= 4 is 17.9 Å². The normalized spacial score (nSPS) is 13.6. The van der Waals surface area contributed by atoms with Gasteiger partial charge in [-0.25, -0.2) is 0 Å². The molecule has 1 aliphatic rings. The van der Waals surface area contributed by atoms with Crippen LogP contribution in [0.3, 0.4) is 0 Å². The van der Waals surface area contributed by atoms with Crippen LogP contribution in [0.5, 0.6) is 0 Å². The van der Waals surface area contributed by atoms with Crippen LogP contribution >= 0.6 is 0 Å². The Kier molecular flexibility index (Phi) is 4.20. The maximum absolute atomic E-state index is 12.3. The van der Waals surface area contributed by atoms with Crippen LogP contribution in [-0.4, -0.2) is 28.2 Å². The second kappa shape index (κ2) is 6.45. The highest BCUT2D eigenvalue weighted by atomic mass is 16.6. The van der Waals surface area contributed by atoms with Gasteiger partial charge in [-0.05, 0) is 29.7 Å².